The molecule has 1 amide bonds. The second kappa shape index (κ2) is 9.07. The predicted octanol–water partition coefficient (Wildman–Crippen LogP) is 3.37. The van der Waals surface area contributed by atoms with Gasteiger partial charge in [-0.2, -0.15) is 0 Å². The number of carbonyl (C=O) groups is 1. The van der Waals surface area contributed by atoms with Gasteiger partial charge in [-0.1, -0.05) is 12.6 Å². The van der Waals surface area contributed by atoms with Crippen LogP contribution in [0.15, 0.2) is 24.8 Å². The SMILES string of the molecule is C=C(COC)c1ccc2[nH]c(C(COC(C)(CF)C(F)F)OC(N)=O)nc2c1. The summed E-state index contributed by atoms with van der Waals surface area (Å²) >= 11 is 0. The highest BCUT2D eigenvalue weighted by Gasteiger charge is 2.38. The molecule has 2 atom stereocenters. The molecule has 2 unspecified atom stereocenters. The van der Waals surface area contributed by atoms with Crippen LogP contribution in [-0.2, 0) is 14.2 Å². The first-order chi connectivity index (χ1) is 13.2. The van der Waals surface area contributed by atoms with Crippen LogP contribution in [0, 0.1) is 0 Å². The Labute approximate surface area is 159 Å². The number of methoxy groups -OCH3 is 1. The van der Waals surface area contributed by atoms with Crippen LogP contribution in [0.5, 0.6) is 0 Å². The van der Waals surface area contributed by atoms with E-state index in [4.69, 9.17) is 19.9 Å². The Hall–Kier alpha value is -2.59. The lowest BCUT2D eigenvalue weighted by Gasteiger charge is -2.27. The van der Waals surface area contributed by atoms with Gasteiger partial charge in [0.2, 0.25) is 0 Å². The number of halogens is 3. The van der Waals surface area contributed by atoms with E-state index in [-0.39, 0.29) is 5.82 Å². The molecule has 10 heteroatoms. The quantitative estimate of drug-likeness (QED) is 0.636. The first kappa shape index (κ1) is 21.7. The average Bonchev–Trinajstić information content (AvgIpc) is 3.07. The number of fused-ring (bicyclic) bond motifs is 1. The molecule has 0 aliphatic heterocycles. The van der Waals surface area contributed by atoms with Gasteiger partial charge in [-0.25, -0.2) is 22.9 Å². The Morgan fingerprint density at radius 2 is 2.14 bits per heavy atom. The maximum absolute atomic E-state index is 13.0. The van der Waals surface area contributed by atoms with Crippen molar-refractivity contribution < 1.29 is 32.2 Å². The molecule has 0 saturated carbocycles. The summed E-state index contributed by atoms with van der Waals surface area (Å²) in [6.45, 7) is 3.19. The third-order valence-corrected chi connectivity index (χ3v) is 4.08. The van der Waals surface area contributed by atoms with Crippen LogP contribution in [0.2, 0.25) is 0 Å². The van der Waals surface area contributed by atoms with Crippen molar-refractivity contribution >= 4 is 22.7 Å². The first-order valence-electron chi connectivity index (χ1n) is 8.31. The number of H-pyrrole nitrogens is 1. The van der Waals surface area contributed by atoms with Gasteiger partial charge < -0.3 is 24.9 Å². The maximum atomic E-state index is 13.0. The smallest absolute Gasteiger partial charge is 0.405 e. The summed E-state index contributed by atoms with van der Waals surface area (Å²) in [5.74, 6) is 0.124. The standard InChI is InChI=1S/C18H22F3N3O4/c1-10(7-26-3)11-4-5-12-13(6-11)24-15(23-12)14(28-17(22)25)8-27-18(2,9-19)16(20)21/h4-6,14,16H,1,7-9H2,2-3H3,(H2,22,25)(H,23,24). The highest BCUT2D eigenvalue weighted by atomic mass is 19.3. The van der Waals surface area contributed by atoms with Gasteiger partial charge in [-0.05, 0) is 30.2 Å². The van der Waals surface area contributed by atoms with Gasteiger partial charge in [0.15, 0.2) is 17.5 Å². The molecule has 0 saturated heterocycles. The Kier molecular flexibility index (Phi) is 7.03. The molecular formula is C18H22F3N3O4. The van der Waals surface area contributed by atoms with E-state index in [0.717, 1.165) is 18.1 Å². The average molecular weight is 401 g/mol. The van der Waals surface area contributed by atoms with E-state index in [0.29, 0.717) is 17.6 Å². The number of alkyl halides is 3. The van der Waals surface area contributed by atoms with Crippen LogP contribution in [0.1, 0.15) is 24.4 Å². The normalized spacial score (nSPS) is 14.8. The summed E-state index contributed by atoms with van der Waals surface area (Å²) < 4.78 is 54.0. The van der Waals surface area contributed by atoms with E-state index < -0.39 is 37.5 Å². The van der Waals surface area contributed by atoms with E-state index >= 15 is 0 Å². The number of aromatic nitrogens is 2. The largest absolute Gasteiger partial charge is 0.436 e. The van der Waals surface area contributed by atoms with Crippen molar-refractivity contribution in [2.24, 2.45) is 5.73 Å². The van der Waals surface area contributed by atoms with Gasteiger partial charge in [-0.15, -0.1) is 0 Å². The minimum atomic E-state index is -3.07. The zero-order chi connectivity index (χ0) is 20.9. The van der Waals surface area contributed by atoms with Crippen LogP contribution in [0.3, 0.4) is 0 Å². The number of primary amides is 1. The molecule has 154 valence electrons. The summed E-state index contributed by atoms with van der Waals surface area (Å²) in [5, 5.41) is 0. The molecule has 1 aromatic heterocycles. The number of nitrogens with two attached hydrogens (primary N) is 1. The number of rotatable bonds is 10. The molecule has 7 nitrogen and oxygen atoms in total. The fourth-order valence-corrected chi connectivity index (χ4v) is 2.39. The van der Waals surface area contributed by atoms with E-state index in [1.807, 2.05) is 0 Å². The van der Waals surface area contributed by atoms with Crippen molar-refractivity contribution in [1.82, 2.24) is 9.97 Å². The molecule has 0 fully saturated rings. The fraction of sp³-hybridized carbons (Fsp3) is 0.444. The number of nitrogens with zero attached hydrogens (tertiary/aromatic N) is 1. The lowest BCUT2D eigenvalue weighted by molar-refractivity contribution is -0.155. The maximum Gasteiger partial charge on any atom is 0.405 e. The van der Waals surface area contributed by atoms with Gasteiger partial charge in [0.05, 0.1) is 24.2 Å². The van der Waals surface area contributed by atoms with Gasteiger partial charge in [0.1, 0.15) is 6.67 Å². The predicted molar refractivity (Wildman–Crippen MR) is 96.7 cm³/mol. The van der Waals surface area contributed by atoms with Crippen molar-refractivity contribution in [2.45, 2.75) is 25.1 Å². The Balaban J connectivity index is 2.29. The van der Waals surface area contributed by atoms with Crippen molar-refractivity contribution in [1.29, 1.82) is 0 Å². The molecular weight excluding hydrogens is 379 g/mol. The number of aromatic amines is 1. The molecule has 1 heterocycles. The summed E-state index contributed by atoms with van der Waals surface area (Å²) in [7, 11) is 1.55. The van der Waals surface area contributed by atoms with E-state index in [1.54, 1.807) is 25.3 Å². The molecule has 2 aromatic rings. The molecule has 0 radical (unpaired) electrons. The number of hydrogen-bond acceptors (Lipinski definition) is 5. The van der Waals surface area contributed by atoms with Gasteiger partial charge in [0.25, 0.3) is 6.43 Å². The highest BCUT2D eigenvalue weighted by Crippen LogP contribution is 2.26. The summed E-state index contributed by atoms with van der Waals surface area (Å²) in [6, 6.07) is 5.27. The molecule has 1 aromatic carbocycles. The number of imidazole rings is 1. The second-order valence-corrected chi connectivity index (χ2v) is 6.37. The number of benzene rings is 1. The van der Waals surface area contributed by atoms with E-state index in [9.17, 15) is 18.0 Å². The number of ether oxygens (including phenoxy) is 3. The number of amides is 1. The van der Waals surface area contributed by atoms with Crippen molar-refractivity contribution in [2.75, 3.05) is 27.0 Å². The number of carbonyl (C=O) groups excluding carboxylic acids is 1. The lowest BCUT2D eigenvalue weighted by Crippen LogP contribution is -2.41. The molecule has 2 rings (SSSR count). The third-order valence-electron chi connectivity index (χ3n) is 4.08. The number of hydrogen-bond donors (Lipinski definition) is 2. The molecule has 0 aliphatic carbocycles. The molecule has 0 spiro atoms. The molecule has 3 N–H and O–H groups in total. The Bertz CT molecular complexity index is 843. The van der Waals surface area contributed by atoms with E-state index in [1.165, 1.54) is 0 Å². The van der Waals surface area contributed by atoms with Crippen LogP contribution >= 0.6 is 0 Å². The monoisotopic (exact) mass is 401 g/mol. The van der Waals surface area contributed by atoms with Gasteiger partial charge in [-0.3, -0.25) is 0 Å². The van der Waals surface area contributed by atoms with Crippen LogP contribution in [0.4, 0.5) is 18.0 Å². The molecule has 0 bridgehead atoms. The third kappa shape index (κ3) is 5.02. The highest BCUT2D eigenvalue weighted by molar-refractivity contribution is 5.80. The van der Waals surface area contributed by atoms with Crippen molar-refractivity contribution in [3.63, 3.8) is 0 Å². The summed E-state index contributed by atoms with van der Waals surface area (Å²) in [4.78, 5) is 18.4. The van der Waals surface area contributed by atoms with E-state index in [2.05, 4.69) is 16.5 Å². The van der Waals surface area contributed by atoms with Gasteiger partial charge in [0, 0.05) is 7.11 Å². The zero-order valence-electron chi connectivity index (χ0n) is 15.5. The van der Waals surface area contributed by atoms with Crippen LogP contribution < -0.4 is 5.73 Å². The second-order valence-electron chi connectivity index (χ2n) is 6.37. The zero-order valence-corrected chi connectivity index (χ0v) is 15.5. The first-order valence-corrected chi connectivity index (χ1v) is 8.31. The van der Waals surface area contributed by atoms with Crippen LogP contribution in [-0.4, -0.2) is 55.1 Å². The topological polar surface area (TPSA) is 99.5 Å². The lowest BCUT2D eigenvalue weighted by atomic mass is 10.1. The van der Waals surface area contributed by atoms with Crippen molar-refractivity contribution in [3.8, 4) is 0 Å². The van der Waals surface area contributed by atoms with Crippen molar-refractivity contribution in [3.05, 3.63) is 36.2 Å². The molecule has 28 heavy (non-hydrogen) atoms. The fourth-order valence-electron chi connectivity index (χ4n) is 2.39. The molecule has 0 aliphatic rings. The summed E-state index contributed by atoms with van der Waals surface area (Å²) in [6.07, 6.45) is -5.45. The Morgan fingerprint density at radius 3 is 2.71 bits per heavy atom. The Morgan fingerprint density at radius 1 is 1.43 bits per heavy atom. The number of nitrogens with one attached hydrogen (secondary N) is 1. The van der Waals surface area contributed by atoms with Crippen LogP contribution in [0.25, 0.3) is 16.6 Å². The minimum Gasteiger partial charge on any atom is -0.436 e. The van der Waals surface area contributed by atoms with Gasteiger partial charge >= 0.3 is 6.09 Å². The summed E-state index contributed by atoms with van der Waals surface area (Å²) in [5.41, 5.74) is 5.35. The minimum absolute atomic E-state index is 0.124.